The average Bonchev–Trinajstić information content (AvgIpc) is 2.27. The first kappa shape index (κ1) is 14.5. The van der Waals surface area contributed by atoms with Gasteiger partial charge in [0.05, 0.1) is 5.75 Å². The summed E-state index contributed by atoms with van der Waals surface area (Å²) in [5, 5.41) is 0. The molecule has 5 heteroatoms. The molecule has 0 aliphatic rings. The van der Waals surface area contributed by atoms with E-state index in [2.05, 4.69) is 0 Å². The van der Waals surface area contributed by atoms with Crippen LogP contribution in [0.4, 0.5) is 4.39 Å². The Morgan fingerprint density at radius 1 is 1.29 bits per heavy atom. The summed E-state index contributed by atoms with van der Waals surface area (Å²) in [6.07, 6.45) is 1.28. The first-order valence-electron chi connectivity index (χ1n) is 5.50. The summed E-state index contributed by atoms with van der Waals surface area (Å²) in [6, 6.07) is 5.47. The molecule has 0 aliphatic heterocycles. The van der Waals surface area contributed by atoms with Crippen molar-refractivity contribution in [2.45, 2.75) is 24.7 Å². The third-order valence-electron chi connectivity index (χ3n) is 2.65. The molecular formula is C12H16ClFO2S. The number of benzene rings is 1. The van der Waals surface area contributed by atoms with Gasteiger partial charge in [-0.15, -0.1) is 11.6 Å². The maximum atomic E-state index is 13.4. The Labute approximate surface area is 107 Å². The van der Waals surface area contributed by atoms with Gasteiger partial charge in [-0.3, -0.25) is 0 Å². The smallest absolute Gasteiger partial charge is 0.181 e. The quantitative estimate of drug-likeness (QED) is 0.749. The van der Waals surface area contributed by atoms with Crippen LogP contribution in [0.3, 0.4) is 0 Å². The molecule has 0 aliphatic carbocycles. The molecule has 96 valence electrons. The lowest BCUT2D eigenvalue weighted by atomic mass is 10.1. The highest BCUT2D eigenvalue weighted by Gasteiger charge is 2.19. The number of halogens is 2. The molecule has 1 unspecified atom stereocenters. The van der Waals surface area contributed by atoms with E-state index in [4.69, 9.17) is 11.6 Å². The highest BCUT2D eigenvalue weighted by molar-refractivity contribution is 7.91. The zero-order chi connectivity index (χ0) is 12.9. The van der Waals surface area contributed by atoms with Crippen LogP contribution in [-0.4, -0.2) is 20.1 Å². The Balaban J connectivity index is 2.73. The van der Waals surface area contributed by atoms with Gasteiger partial charge in [0.25, 0.3) is 0 Å². The zero-order valence-electron chi connectivity index (χ0n) is 9.70. The lowest BCUT2D eigenvalue weighted by molar-refractivity contribution is 0.529. The Morgan fingerprint density at radius 2 is 1.94 bits per heavy atom. The number of hydrogen-bond donors (Lipinski definition) is 0. The minimum atomic E-state index is -3.52. The van der Waals surface area contributed by atoms with Gasteiger partial charge >= 0.3 is 0 Å². The van der Waals surface area contributed by atoms with Gasteiger partial charge in [0.1, 0.15) is 10.7 Å². The molecule has 0 spiro atoms. The van der Waals surface area contributed by atoms with Crippen molar-refractivity contribution in [2.24, 2.45) is 5.92 Å². The summed E-state index contributed by atoms with van der Waals surface area (Å²) >= 11 is 5.58. The van der Waals surface area contributed by atoms with E-state index in [0.717, 1.165) is 12.5 Å². The third-order valence-corrected chi connectivity index (χ3v) is 4.65. The molecule has 0 N–H and O–H groups in total. The van der Waals surface area contributed by atoms with E-state index in [-0.39, 0.29) is 16.6 Å². The number of hydrogen-bond acceptors (Lipinski definition) is 2. The van der Waals surface area contributed by atoms with Gasteiger partial charge in [0.2, 0.25) is 0 Å². The van der Waals surface area contributed by atoms with E-state index in [9.17, 15) is 12.8 Å². The highest BCUT2D eigenvalue weighted by atomic mass is 35.5. The van der Waals surface area contributed by atoms with E-state index in [1.807, 2.05) is 6.92 Å². The van der Waals surface area contributed by atoms with Crippen LogP contribution in [0.25, 0.3) is 0 Å². The maximum Gasteiger partial charge on any atom is 0.181 e. The Kier molecular flexibility index (Phi) is 5.40. The first-order chi connectivity index (χ1) is 7.97. The van der Waals surface area contributed by atoms with Crippen LogP contribution in [0, 0.1) is 11.7 Å². The van der Waals surface area contributed by atoms with Gasteiger partial charge in [-0.1, -0.05) is 19.1 Å². The van der Waals surface area contributed by atoms with E-state index >= 15 is 0 Å². The van der Waals surface area contributed by atoms with Gasteiger partial charge in [-0.05, 0) is 30.9 Å². The van der Waals surface area contributed by atoms with Gasteiger partial charge in [0, 0.05) is 5.88 Å². The fraction of sp³-hybridized carbons (Fsp3) is 0.500. The first-order valence-corrected chi connectivity index (χ1v) is 7.69. The molecule has 1 aromatic rings. The van der Waals surface area contributed by atoms with E-state index < -0.39 is 15.7 Å². The highest BCUT2D eigenvalue weighted by Crippen LogP contribution is 2.18. The number of sulfone groups is 1. The van der Waals surface area contributed by atoms with Crippen LogP contribution in [-0.2, 0) is 9.84 Å². The second kappa shape index (κ2) is 6.36. The average molecular weight is 279 g/mol. The van der Waals surface area contributed by atoms with Crippen LogP contribution >= 0.6 is 11.6 Å². The summed E-state index contributed by atoms with van der Waals surface area (Å²) < 4.78 is 37.1. The van der Waals surface area contributed by atoms with Crippen molar-refractivity contribution in [1.82, 2.24) is 0 Å². The minimum absolute atomic E-state index is 0.0357. The van der Waals surface area contributed by atoms with E-state index in [1.54, 1.807) is 0 Å². The molecule has 1 rings (SSSR count). The van der Waals surface area contributed by atoms with Crippen molar-refractivity contribution in [1.29, 1.82) is 0 Å². The molecule has 1 atom stereocenters. The molecule has 0 radical (unpaired) electrons. The summed E-state index contributed by atoms with van der Waals surface area (Å²) in [7, 11) is -3.52. The molecule has 1 aromatic carbocycles. The SMILES string of the molecule is CC(CCCl)CCS(=O)(=O)c1ccccc1F. The fourth-order valence-corrected chi connectivity index (χ4v) is 3.45. The Hall–Kier alpha value is -0.610. The molecule has 0 bridgehead atoms. The standard InChI is InChI=1S/C12H16ClFO2S/c1-10(6-8-13)7-9-17(15,16)12-5-3-2-4-11(12)14/h2-5,10H,6-9H2,1H3. The normalized spacial score (nSPS) is 13.6. The Morgan fingerprint density at radius 3 is 2.53 bits per heavy atom. The van der Waals surface area contributed by atoms with Crippen molar-refractivity contribution in [3.63, 3.8) is 0 Å². The fourth-order valence-electron chi connectivity index (χ4n) is 1.49. The largest absolute Gasteiger partial charge is 0.224 e. The zero-order valence-corrected chi connectivity index (χ0v) is 11.3. The molecule has 0 amide bonds. The van der Waals surface area contributed by atoms with Crippen LogP contribution in [0.5, 0.6) is 0 Å². The van der Waals surface area contributed by atoms with Crippen LogP contribution in [0.15, 0.2) is 29.2 Å². The predicted molar refractivity (Wildman–Crippen MR) is 67.6 cm³/mol. The molecular weight excluding hydrogens is 263 g/mol. The van der Waals surface area contributed by atoms with E-state index in [0.29, 0.717) is 12.3 Å². The molecule has 0 fully saturated rings. The molecule has 0 heterocycles. The molecule has 0 saturated carbocycles. The van der Waals surface area contributed by atoms with Crippen molar-refractivity contribution in [3.05, 3.63) is 30.1 Å². The predicted octanol–water partition coefficient (Wildman–Crippen LogP) is 3.25. The van der Waals surface area contributed by atoms with Crippen molar-refractivity contribution in [3.8, 4) is 0 Å². The molecule has 0 saturated heterocycles. The van der Waals surface area contributed by atoms with Gasteiger partial charge in [0.15, 0.2) is 9.84 Å². The Bertz CT molecular complexity index is 459. The summed E-state index contributed by atoms with van der Waals surface area (Å²) in [6.45, 7) is 1.94. The third kappa shape index (κ3) is 4.28. The lowest BCUT2D eigenvalue weighted by Crippen LogP contribution is -2.12. The minimum Gasteiger partial charge on any atom is -0.224 e. The number of rotatable bonds is 6. The summed E-state index contributed by atoms with van der Waals surface area (Å²) in [5.74, 6) is 0.0268. The molecule has 0 aromatic heterocycles. The maximum absolute atomic E-state index is 13.4. The topological polar surface area (TPSA) is 34.1 Å². The van der Waals surface area contributed by atoms with Gasteiger partial charge in [-0.25, -0.2) is 12.8 Å². The summed E-state index contributed by atoms with van der Waals surface area (Å²) in [4.78, 5) is -0.210. The van der Waals surface area contributed by atoms with Crippen molar-refractivity contribution in [2.75, 3.05) is 11.6 Å². The van der Waals surface area contributed by atoms with Crippen molar-refractivity contribution < 1.29 is 12.8 Å². The van der Waals surface area contributed by atoms with Gasteiger partial charge < -0.3 is 0 Å². The van der Waals surface area contributed by atoms with Crippen LogP contribution < -0.4 is 0 Å². The molecule has 17 heavy (non-hydrogen) atoms. The monoisotopic (exact) mass is 278 g/mol. The van der Waals surface area contributed by atoms with Gasteiger partial charge in [-0.2, -0.15) is 0 Å². The number of alkyl halides is 1. The molecule has 2 nitrogen and oxygen atoms in total. The van der Waals surface area contributed by atoms with Crippen LogP contribution in [0.1, 0.15) is 19.8 Å². The second-order valence-electron chi connectivity index (χ2n) is 4.12. The summed E-state index contributed by atoms with van der Waals surface area (Å²) in [5.41, 5.74) is 0. The van der Waals surface area contributed by atoms with Crippen LogP contribution in [0.2, 0.25) is 0 Å². The lowest BCUT2D eigenvalue weighted by Gasteiger charge is -2.10. The van der Waals surface area contributed by atoms with Crippen molar-refractivity contribution >= 4 is 21.4 Å². The second-order valence-corrected chi connectivity index (χ2v) is 6.58. The van der Waals surface area contributed by atoms with E-state index in [1.165, 1.54) is 18.2 Å².